The minimum atomic E-state index is -0.669. The molecule has 11 heteroatoms. The molecule has 5 N–H and O–H groups in total. The molecule has 2 aromatic carbocycles. The summed E-state index contributed by atoms with van der Waals surface area (Å²) in [7, 11) is 0. The molecule has 45 heavy (non-hydrogen) atoms. The van der Waals surface area contributed by atoms with Crippen LogP contribution in [0.2, 0.25) is 0 Å². The van der Waals surface area contributed by atoms with Gasteiger partial charge in [0.05, 0.1) is 23.2 Å². The van der Waals surface area contributed by atoms with Crippen molar-refractivity contribution in [3.8, 4) is 0 Å². The number of rotatable bonds is 15. The van der Waals surface area contributed by atoms with E-state index < -0.39 is 36.0 Å². The van der Waals surface area contributed by atoms with Gasteiger partial charge in [0.2, 0.25) is 11.8 Å². The van der Waals surface area contributed by atoms with Crippen LogP contribution >= 0.6 is 0 Å². The van der Waals surface area contributed by atoms with Crippen molar-refractivity contribution < 1.29 is 23.6 Å². The second-order valence-corrected chi connectivity index (χ2v) is 11.3. The number of carbonyl (C=O) groups excluding carboxylic acids is 4. The third kappa shape index (κ3) is 10.8. The lowest BCUT2D eigenvalue weighted by atomic mass is 10.0. The van der Waals surface area contributed by atoms with Crippen molar-refractivity contribution in [1.29, 1.82) is 0 Å². The summed E-state index contributed by atoms with van der Waals surface area (Å²) < 4.78 is 13.3. The van der Waals surface area contributed by atoms with Crippen LogP contribution in [-0.4, -0.2) is 59.8 Å². The number of hydrogen-bond acceptors (Lipinski definition) is 6. The van der Waals surface area contributed by atoms with Gasteiger partial charge in [-0.25, -0.2) is 4.39 Å². The van der Waals surface area contributed by atoms with Gasteiger partial charge >= 0.3 is 0 Å². The fourth-order valence-electron chi connectivity index (χ4n) is 4.65. The quantitative estimate of drug-likeness (QED) is 0.177. The number of halogens is 1. The minimum Gasteiger partial charge on any atom is -0.355 e. The summed E-state index contributed by atoms with van der Waals surface area (Å²) in [5.41, 5.74) is 2.11. The van der Waals surface area contributed by atoms with Gasteiger partial charge in [0, 0.05) is 31.5 Å². The van der Waals surface area contributed by atoms with Crippen LogP contribution in [0.1, 0.15) is 72.5 Å². The van der Waals surface area contributed by atoms with E-state index in [1.807, 2.05) is 51.1 Å². The third-order valence-corrected chi connectivity index (χ3v) is 7.30. The molecule has 1 heterocycles. The van der Waals surface area contributed by atoms with Crippen molar-refractivity contribution in [2.24, 2.45) is 5.92 Å². The molecule has 0 aliphatic carbocycles. The summed E-state index contributed by atoms with van der Waals surface area (Å²) in [5.74, 6) is -1.90. The number of aromatic nitrogens is 1. The second kappa shape index (κ2) is 17.0. The molecule has 3 rings (SSSR count). The van der Waals surface area contributed by atoms with Crippen LogP contribution < -0.4 is 26.6 Å². The predicted molar refractivity (Wildman–Crippen MR) is 171 cm³/mol. The molecule has 0 saturated heterocycles. The Morgan fingerprint density at radius 3 is 2.02 bits per heavy atom. The largest absolute Gasteiger partial charge is 0.355 e. The predicted octanol–water partition coefficient (Wildman–Crippen LogP) is 3.31. The lowest BCUT2D eigenvalue weighted by Gasteiger charge is -2.25. The normalized spacial score (nSPS) is 13.7. The van der Waals surface area contributed by atoms with E-state index in [9.17, 15) is 23.6 Å². The Labute approximate surface area is 264 Å². The summed E-state index contributed by atoms with van der Waals surface area (Å²) in [5, 5.41) is 14.6. The lowest BCUT2D eigenvalue weighted by Crippen LogP contribution is -2.55. The summed E-state index contributed by atoms with van der Waals surface area (Å²) in [6.45, 7) is 9.74. The summed E-state index contributed by atoms with van der Waals surface area (Å²) >= 11 is 0. The SMILES string of the molecule is CCNC(=O)[C@@H](NC(=O)[C@H](C)NC[C@H](Cc1ccccc1)NC(=O)c1cncc(C(=O)N[C@H](C)c2ccc(F)cc2)c1)C(C)C. The van der Waals surface area contributed by atoms with Gasteiger partial charge in [0.1, 0.15) is 11.9 Å². The van der Waals surface area contributed by atoms with E-state index in [0.717, 1.165) is 11.1 Å². The Hall–Kier alpha value is -4.64. The molecule has 0 saturated carbocycles. The Morgan fingerprint density at radius 1 is 0.800 bits per heavy atom. The maximum absolute atomic E-state index is 13.4. The first-order chi connectivity index (χ1) is 21.5. The highest BCUT2D eigenvalue weighted by atomic mass is 19.1. The molecule has 0 unspecified atom stereocenters. The fraction of sp³-hybridized carbons (Fsp3) is 0.382. The van der Waals surface area contributed by atoms with Crippen LogP contribution in [0.5, 0.6) is 0 Å². The molecule has 0 bridgehead atoms. The molecule has 4 atom stereocenters. The van der Waals surface area contributed by atoms with Gasteiger partial charge in [-0.2, -0.15) is 0 Å². The smallest absolute Gasteiger partial charge is 0.253 e. The van der Waals surface area contributed by atoms with Crippen molar-refractivity contribution in [1.82, 2.24) is 31.6 Å². The molecular formula is C34H43FN6O4. The zero-order valence-electron chi connectivity index (χ0n) is 26.4. The summed E-state index contributed by atoms with van der Waals surface area (Å²) in [6.07, 6.45) is 3.23. The number of likely N-dealkylation sites (N-methyl/N-ethyl adjacent to an activating group) is 1. The molecule has 3 aromatic rings. The van der Waals surface area contributed by atoms with Crippen molar-refractivity contribution in [2.75, 3.05) is 13.1 Å². The third-order valence-electron chi connectivity index (χ3n) is 7.30. The van der Waals surface area contributed by atoms with E-state index in [4.69, 9.17) is 0 Å². The Bertz CT molecular complexity index is 1430. The molecule has 0 fully saturated rings. The van der Waals surface area contributed by atoms with Crippen molar-refractivity contribution in [2.45, 2.75) is 65.2 Å². The van der Waals surface area contributed by atoms with E-state index >= 15 is 0 Å². The molecule has 1 aromatic heterocycles. The van der Waals surface area contributed by atoms with Crippen LogP contribution in [0.25, 0.3) is 0 Å². The van der Waals surface area contributed by atoms with E-state index in [1.165, 1.54) is 30.6 Å². The van der Waals surface area contributed by atoms with Gasteiger partial charge in [-0.05, 0) is 62.4 Å². The van der Waals surface area contributed by atoms with Crippen molar-refractivity contribution in [3.63, 3.8) is 0 Å². The molecule has 0 aliphatic heterocycles. The average Bonchev–Trinajstić information content (AvgIpc) is 3.02. The molecular weight excluding hydrogens is 575 g/mol. The number of benzene rings is 2. The van der Waals surface area contributed by atoms with Gasteiger partial charge in [0.15, 0.2) is 0 Å². The average molecular weight is 619 g/mol. The zero-order chi connectivity index (χ0) is 32.9. The van der Waals surface area contributed by atoms with E-state index in [-0.39, 0.29) is 41.2 Å². The van der Waals surface area contributed by atoms with Crippen LogP contribution in [0, 0.1) is 11.7 Å². The van der Waals surface area contributed by atoms with Gasteiger partial charge in [-0.15, -0.1) is 0 Å². The fourth-order valence-corrected chi connectivity index (χ4v) is 4.65. The summed E-state index contributed by atoms with van der Waals surface area (Å²) in [6, 6.07) is 14.8. The number of nitrogens with zero attached hydrogens (tertiary/aromatic N) is 1. The number of pyridine rings is 1. The van der Waals surface area contributed by atoms with Crippen LogP contribution in [0.4, 0.5) is 4.39 Å². The van der Waals surface area contributed by atoms with Crippen LogP contribution in [0.3, 0.4) is 0 Å². The van der Waals surface area contributed by atoms with E-state index in [0.29, 0.717) is 13.0 Å². The molecule has 0 radical (unpaired) electrons. The highest BCUT2D eigenvalue weighted by molar-refractivity contribution is 5.99. The van der Waals surface area contributed by atoms with E-state index in [2.05, 4.69) is 31.6 Å². The monoisotopic (exact) mass is 618 g/mol. The zero-order valence-corrected chi connectivity index (χ0v) is 26.4. The van der Waals surface area contributed by atoms with Gasteiger partial charge < -0.3 is 26.6 Å². The van der Waals surface area contributed by atoms with Crippen molar-refractivity contribution in [3.05, 3.63) is 101 Å². The molecule has 0 spiro atoms. The lowest BCUT2D eigenvalue weighted by molar-refractivity contribution is -0.130. The van der Waals surface area contributed by atoms with Crippen LogP contribution in [0.15, 0.2) is 73.1 Å². The first kappa shape index (κ1) is 34.8. The first-order valence-corrected chi connectivity index (χ1v) is 15.2. The number of amides is 4. The summed E-state index contributed by atoms with van der Waals surface area (Å²) in [4.78, 5) is 55.8. The molecule has 240 valence electrons. The molecule has 10 nitrogen and oxygen atoms in total. The van der Waals surface area contributed by atoms with E-state index in [1.54, 1.807) is 26.0 Å². The Morgan fingerprint density at radius 2 is 1.42 bits per heavy atom. The van der Waals surface area contributed by atoms with Crippen LogP contribution in [-0.2, 0) is 16.0 Å². The molecule has 4 amide bonds. The maximum Gasteiger partial charge on any atom is 0.253 e. The first-order valence-electron chi connectivity index (χ1n) is 15.2. The number of carbonyl (C=O) groups is 4. The highest BCUT2D eigenvalue weighted by Crippen LogP contribution is 2.14. The highest BCUT2D eigenvalue weighted by Gasteiger charge is 2.26. The number of nitrogens with one attached hydrogen (secondary N) is 5. The second-order valence-electron chi connectivity index (χ2n) is 11.3. The van der Waals surface area contributed by atoms with Gasteiger partial charge in [-0.3, -0.25) is 24.2 Å². The van der Waals surface area contributed by atoms with Crippen molar-refractivity contribution >= 4 is 23.6 Å². The van der Waals surface area contributed by atoms with Gasteiger partial charge in [-0.1, -0.05) is 56.3 Å². The molecule has 0 aliphatic rings. The Kier molecular flexibility index (Phi) is 13.2. The number of hydrogen-bond donors (Lipinski definition) is 5. The Balaban J connectivity index is 1.68. The minimum absolute atomic E-state index is 0.101. The topological polar surface area (TPSA) is 141 Å². The maximum atomic E-state index is 13.4. The van der Waals surface area contributed by atoms with Gasteiger partial charge in [0.25, 0.3) is 11.8 Å². The standard InChI is InChI=1S/C34H43FN6O4/c1-6-37-34(45)30(21(2)3)41-31(42)23(5)38-20-29(16-24-10-8-7-9-11-24)40-33(44)27-17-26(18-36-19-27)32(43)39-22(4)25-12-14-28(35)15-13-25/h7-15,17-19,21-23,29-30,38H,6,16,20H2,1-5H3,(H,37,45)(H,39,43)(H,40,44)(H,41,42)/t22-,23+,29+,30+/m1/s1.